The van der Waals surface area contributed by atoms with Crippen LogP contribution in [0.1, 0.15) is 11.3 Å². The van der Waals surface area contributed by atoms with E-state index in [1.807, 2.05) is 30.1 Å². The average Bonchev–Trinajstić information content (AvgIpc) is 2.91. The molecule has 1 aliphatic rings. The van der Waals surface area contributed by atoms with Gasteiger partial charge < -0.3 is 4.90 Å². The molecule has 0 bridgehead atoms. The van der Waals surface area contributed by atoms with E-state index in [0.717, 1.165) is 24.7 Å². The van der Waals surface area contributed by atoms with Crippen molar-refractivity contribution in [2.45, 2.75) is 6.42 Å². The number of hydrogen-bond donors (Lipinski definition) is 1. The van der Waals surface area contributed by atoms with Gasteiger partial charge in [0.25, 0.3) is 11.1 Å². The Morgan fingerprint density at radius 2 is 2.00 bits per heavy atom. The highest BCUT2D eigenvalue weighted by Crippen LogP contribution is 2.25. The number of anilines is 1. The number of benzene rings is 1. The normalized spacial score (nSPS) is 15.6. The highest BCUT2D eigenvalue weighted by atomic mass is 32.2. The molecule has 3 rings (SSSR count). The maximum atomic E-state index is 11.6. The molecule has 0 unspecified atom stereocenters. The maximum absolute atomic E-state index is 11.6. The number of nitrogens with zero attached hydrogens (tertiary/aromatic N) is 3. The van der Waals surface area contributed by atoms with Crippen LogP contribution in [0.2, 0.25) is 0 Å². The van der Waals surface area contributed by atoms with E-state index >= 15 is 0 Å². The van der Waals surface area contributed by atoms with Crippen LogP contribution in [-0.4, -0.2) is 34.7 Å². The molecule has 7 heteroatoms. The number of nitrogens with one attached hydrogen (secondary N) is 1. The largest absolute Gasteiger partial charge is 0.344 e. The van der Waals surface area contributed by atoms with Crippen LogP contribution in [0.5, 0.6) is 0 Å². The quantitative estimate of drug-likeness (QED) is 0.843. The fourth-order valence-corrected chi connectivity index (χ4v) is 2.89. The summed E-state index contributed by atoms with van der Waals surface area (Å²) < 4.78 is 0. The average molecular weight is 340 g/mol. The molecule has 1 aromatic carbocycles. The molecule has 0 aliphatic carbocycles. The first kappa shape index (κ1) is 16.2. The Hall–Kier alpha value is -2.67. The van der Waals surface area contributed by atoms with E-state index in [4.69, 9.17) is 0 Å². The molecule has 0 radical (unpaired) electrons. The Kier molecular flexibility index (Phi) is 4.90. The molecule has 2 amide bonds. The molecule has 1 aliphatic heterocycles. The van der Waals surface area contributed by atoms with Crippen molar-refractivity contribution in [2.24, 2.45) is 0 Å². The zero-order valence-electron chi connectivity index (χ0n) is 13.1. The number of rotatable bonds is 5. The SMILES string of the molecule is CN(CCc1ccccc1)c1nccc(/C=C2\SC(=O)NC2=O)n1. The Bertz CT molecular complexity index is 792. The minimum Gasteiger partial charge on any atom is -0.344 e. The molecule has 1 aromatic heterocycles. The minimum atomic E-state index is -0.386. The van der Waals surface area contributed by atoms with Crippen molar-refractivity contribution in [1.82, 2.24) is 15.3 Å². The highest BCUT2D eigenvalue weighted by molar-refractivity contribution is 8.18. The molecular weight excluding hydrogens is 324 g/mol. The molecule has 0 saturated carbocycles. The maximum Gasteiger partial charge on any atom is 0.290 e. The number of carbonyl (C=O) groups is 2. The fraction of sp³-hybridized carbons (Fsp3) is 0.176. The van der Waals surface area contributed by atoms with Crippen molar-refractivity contribution >= 4 is 34.9 Å². The van der Waals surface area contributed by atoms with Crippen LogP contribution in [0.25, 0.3) is 6.08 Å². The van der Waals surface area contributed by atoms with Gasteiger partial charge in [0.15, 0.2) is 0 Å². The monoisotopic (exact) mass is 340 g/mol. The van der Waals surface area contributed by atoms with Crippen LogP contribution in [0.3, 0.4) is 0 Å². The molecule has 24 heavy (non-hydrogen) atoms. The molecular formula is C17H16N4O2S. The Morgan fingerprint density at radius 1 is 1.21 bits per heavy atom. The van der Waals surface area contributed by atoms with Gasteiger partial charge in [0.2, 0.25) is 5.95 Å². The second-order valence-corrected chi connectivity index (χ2v) is 6.31. The number of thioether (sulfide) groups is 1. The number of imide groups is 1. The first-order valence-electron chi connectivity index (χ1n) is 7.45. The van der Waals surface area contributed by atoms with Gasteiger partial charge in [0, 0.05) is 19.8 Å². The second-order valence-electron chi connectivity index (χ2n) is 5.29. The summed E-state index contributed by atoms with van der Waals surface area (Å²) >= 11 is 0.878. The lowest BCUT2D eigenvalue weighted by molar-refractivity contribution is -0.115. The van der Waals surface area contributed by atoms with Gasteiger partial charge >= 0.3 is 0 Å². The summed E-state index contributed by atoms with van der Waals surface area (Å²) in [6.45, 7) is 0.776. The van der Waals surface area contributed by atoms with Crippen molar-refractivity contribution in [3.05, 3.63) is 58.8 Å². The molecule has 2 aromatic rings. The molecule has 6 nitrogen and oxygen atoms in total. The van der Waals surface area contributed by atoms with Crippen LogP contribution in [-0.2, 0) is 11.2 Å². The molecule has 0 spiro atoms. The van der Waals surface area contributed by atoms with Gasteiger partial charge in [-0.05, 0) is 35.9 Å². The molecule has 1 fully saturated rings. The van der Waals surface area contributed by atoms with E-state index in [1.165, 1.54) is 5.56 Å². The Labute approximate surface area is 144 Å². The summed E-state index contributed by atoms with van der Waals surface area (Å²) in [4.78, 5) is 33.8. The summed E-state index contributed by atoms with van der Waals surface area (Å²) in [7, 11) is 1.93. The number of aromatic nitrogens is 2. The Morgan fingerprint density at radius 3 is 2.71 bits per heavy atom. The van der Waals surface area contributed by atoms with Crippen LogP contribution >= 0.6 is 11.8 Å². The summed E-state index contributed by atoms with van der Waals surface area (Å²) in [5.41, 5.74) is 1.85. The van der Waals surface area contributed by atoms with E-state index in [1.54, 1.807) is 18.3 Å². The lowest BCUT2D eigenvalue weighted by Crippen LogP contribution is -2.22. The number of amides is 2. The van der Waals surface area contributed by atoms with Gasteiger partial charge in [-0.15, -0.1) is 0 Å². The van der Waals surface area contributed by atoms with Crippen LogP contribution < -0.4 is 10.2 Å². The fourth-order valence-electron chi connectivity index (χ4n) is 2.22. The first-order chi connectivity index (χ1) is 11.6. The smallest absolute Gasteiger partial charge is 0.290 e. The van der Waals surface area contributed by atoms with Crippen LogP contribution in [0.15, 0.2) is 47.5 Å². The molecule has 122 valence electrons. The van der Waals surface area contributed by atoms with Gasteiger partial charge in [-0.3, -0.25) is 14.9 Å². The summed E-state index contributed by atoms with van der Waals surface area (Å²) in [5, 5.41) is 1.87. The topological polar surface area (TPSA) is 75.2 Å². The molecule has 1 saturated heterocycles. The van der Waals surface area contributed by atoms with Crippen molar-refractivity contribution in [1.29, 1.82) is 0 Å². The Balaban J connectivity index is 1.69. The highest BCUT2D eigenvalue weighted by Gasteiger charge is 2.25. The van der Waals surface area contributed by atoms with Crippen molar-refractivity contribution < 1.29 is 9.59 Å². The minimum absolute atomic E-state index is 0.344. The number of carbonyl (C=O) groups excluding carboxylic acids is 2. The molecule has 0 atom stereocenters. The predicted molar refractivity (Wildman–Crippen MR) is 94.6 cm³/mol. The zero-order valence-corrected chi connectivity index (χ0v) is 13.9. The van der Waals surface area contributed by atoms with Crippen LogP contribution in [0.4, 0.5) is 10.7 Å². The predicted octanol–water partition coefficient (Wildman–Crippen LogP) is 2.48. The standard InChI is InChI=1S/C17H16N4O2S/c1-21(10-8-12-5-3-2-4-6-12)16-18-9-7-13(19-16)11-14-15(22)20-17(23)24-14/h2-7,9,11H,8,10H2,1H3,(H,20,22,23)/b14-11-. The number of likely N-dealkylation sites (N-methyl/N-ethyl adjacent to an activating group) is 1. The summed E-state index contributed by atoms with van der Waals surface area (Å²) in [5.74, 6) is 0.192. The van der Waals surface area contributed by atoms with E-state index in [0.29, 0.717) is 16.5 Å². The third-order valence-corrected chi connectivity index (χ3v) is 4.32. The molecule has 1 N–H and O–H groups in total. The van der Waals surface area contributed by atoms with Gasteiger partial charge in [0.05, 0.1) is 10.6 Å². The van der Waals surface area contributed by atoms with Gasteiger partial charge in [-0.2, -0.15) is 0 Å². The summed E-state index contributed by atoms with van der Waals surface area (Å²) in [6.07, 6.45) is 4.13. The van der Waals surface area contributed by atoms with Gasteiger partial charge in [-0.1, -0.05) is 30.3 Å². The van der Waals surface area contributed by atoms with E-state index in [9.17, 15) is 9.59 Å². The van der Waals surface area contributed by atoms with Crippen molar-refractivity contribution in [3.63, 3.8) is 0 Å². The zero-order chi connectivity index (χ0) is 16.9. The van der Waals surface area contributed by atoms with E-state index in [2.05, 4.69) is 27.4 Å². The number of hydrogen-bond acceptors (Lipinski definition) is 6. The third kappa shape index (κ3) is 3.99. The van der Waals surface area contributed by atoms with Crippen molar-refractivity contribution in [3.8, 4) is 0 Å². The molecule has 2 heterocycles. The summed E-state index contributed by atoms with van der Waals surface area (Å²) in [6, 6.07) is 11.9. The van der Waals surface area contributed by atoms with E-state index in [-0.39, 0.29) is 11.1 Å². The second kappa shape index (κ2) is 7.27. The first-order valence-corrected chi connectivity index (χ1v) is 8.26. The van der Waals surface area contributed by atoms with Gasteiger partial charge in [0.1, 0.15) is 0 Å². The lowest BCUT2D eigenvalue weighted by atomic mass is 10.1. The van der Waals surface area contributed by atoms with E-state index < -0.39 is 0 Å². The van der Waals surface area contributed by atoms with Crippen molar-refractivity contribution in [2.75, 3.05) is 18.5 Å². The van der Waals surface area contributed by atoms with Gasteiger partial charge in [-0.25, -0.2) is 9.97 Å². The third-order valence-electron chi connectivity index (χ3n) is 3.51. The van der Waals surface area contributed by atoms with Crippen LogP contribution in [0, 0.1) is 0 Å². The lowest BCUT2D eigenvalue weighted by Gasteiger charge is -2.17.